The highest BCUT2D eigenvalue weighted by atomic mass is 16.4. The minimum Gasteiger partial charge on any atom is -0.480 e. The number of aliphatic hydroxyl groups excluding tert-OH is 1. The van der Waals surface area contributed by atoms with Crippen LogP contribution in [0.5, 0.6) is 0 Å². The van der Waals surface area contributed by atoms with E-state index in [0.717, 1.165) is 0 Å². The second-order valence-corrected chi connectivity index (χ2v) is 7.56. The van der Waals surface area contributed by atoms with Gasteiger partial charge in [0.2, 0.25) is 23.6 Å². The molecule has 4 amide bonds. The van der Waals surface area contributed by atoms with Crippen LogP contribution in [0.15, 0.2) is 25.0 Å². The molecule has 15 heteroatoms. The topological polar surface area (TPSA) is 231 Å². The number of amides is 4. The van der Waals surface area contributed by atoms with Crippen LogP contribution < -0.4 is 21.3 Å². The van der Waals surface area contributed by atoms with E-state index in [1.54, 1.807) is 0 Å². The van der Waals surface area contributed by atoms with E-state index in [4.69, 9.17) is 0 Å². The zero-order valence-electron chi connectivity index (χ0n) is 18.9. The summed E-state index contributed by atoms with van der Waals surface area (Å²) in [5.74, 6) is -3.88. The van der Waals surface area contributed by atoms with E-state index in [1.165, 1.54) is 32.0 Å². The van der Waals surface area contributed by atoms with Crippen molar-refractivity contribution >= 4 is 29.6 Å². The number of nitrogens with zero attached hydrogens (tertiary/aromatic N) is 2. The largest absolute Gasteiger partial charge is 0.480 e. The second kappa shape index (κ2) is 13.4. The van der Waals surface area contributed by atoms with Crippen molar-refractivity contribution in [3.63, 3.8) is 0 Å². The third-order valence-corrected chi connectivity index (χ3v) is 4.77. The Hall–Kier alpha value is -4.27. The normalized spacial score (nSPS) is 13.2. The lowest BCUT2D eigenvalue weighted by molar-refractivity contribution is -0.142. The molecule has 0 aliphatic rings. The number of hydrogen-bond donors (Lipinski definition) is 8. The molecule has 0 fully saturated rings. The Bertz CT molecular complexity index is 993. The predicted molar refractivity (Wildman–Crippen MR) is 118 cm³/mol. The fourth-order valence-electron chi connectivity index (χ4n) is 3.00. The van der Waals surface area contributed by atoms with E-state index in [0.29, 0.717) is 11.4 Å². The lowest BCUT2D eigenvalue weighted by atomic mass is 10.1. The highest BCUT2D eigenvalue weighted by Gasteiger charge is 2.30. The van der Waals surface area contributed by atoms with Crippen LogP contribution >= 0.6 is 0 Å². The third-order valence-electron chi connectivity index (χ3n) is 4.77. The minimum atomic E-state index is -1.48. The maximum Gasteiger partial charge on any atom is 0.326 e. The summed E-state index contributed by atoms with van der Waals surface area (Å²) >= 11 is 0. The number of hydrogen-bond acceptors (Lipinski definition) is 8. The first-order valence-corrected chi connectivity index (χ1v) is 10.6. The number of nitrogens with one attached hydrogen (secondary N) is 6. The molecule has 3 unspecified atom stereocenters. The van der Waals surface area contributed by atoms with Gasteiger partial charge in [0.1, 0.15) is 18.1 Å². The quantitative estimate of drug-likeness (QED) is 0.134. The number of aliphatic carboxylic acids is 1. The Morgan fingerprint density at radius 3 is 1.91 bits per heavy atom. The summed E-state index contributed by atoms with van der Waals surface area (Å²) in [7, 11) is 0. The molecule has 0 saturated heterocycles. The Labute approximate surface area is 199 Å². The Morgan fingerprint density at radius 2 is 1.43 bits per heavy atom. The molecule has 0 radical (unpaired) electrons. The summed E-state index contributed by atoms with van der Waals surface area (Å²) in [4.78, 5) is 73.4. The number of rotatable bonds is 14. The number of aromatic nitrogens is 4. The number of imidazole rings is 2. The molecule has 0 aromatic carbocycles. The monoisotopic (exact) mass is 492 g/mol. The number of H-pyrrole nitrogens is 2. The van der Waals surface area contributed by atoms with E-state index in [2.05, 4.69) is 41.2 Å². The molecule has 2 heterocycles. The average Bonchev–Trinajstić information content (AvgIpc) is 3.50. The van der Waals surface area contributed by atoms with Crippen LogP contribution in [0.4, 0.5) is 0 Å². The maximum atomic E-state index is 12.9. The lowest BCUT2D eigenvalue weighted by Gasteiger charge is -2.23. The van der Waals surface area contributed by atoms with Crippen molar-refractivity contribution < 1.29 is 34.2 Å². The molecule has 0 bridgehead atoms. The van der Waals surface area contributed by atoms with Crippen molar-refractivity contribution in [2.45, 2.75) is 44.3 Å². The van der Waals surface area contributed by atoms with Crippen molar-refractivity contribution in [3.8, 4) is 0 Å². The summed E-state index contributed by atoms with van der Waals surface area (Å²) < 4.78 is 0. The molecule has 2 aromatic heterocycles. The Balaban J connectivity index is 2.03. The highest BCUT2D eigenvalue weighted by molar-refractivity contribution is 5.93. The molecule has 8 N–H and O–H groups in total. The molecule has 0 aliphatic carbocycles. The van der Waals surface area contributed by atoms with Gasteiger partial charge in [0.15, 0.2) is 0 Å². The van der Waals surface area contributed by atoms with Crippen molar-refractivity contribution in [3.05, 3.63) is 36.4 Å². The maximum absolute atomic E-state index is 12.9. The summed E-state index contributed by atoms with van der Waals surface area (Å²) in [6.07, 6.45) is 5.41. The third kappa shape index (κ3) is 9.24. The predicted octanol–water partition coefficient (Wildman–Crippen LogP) is -3.02. The van der Waals surface area contributed by atoms with Gasteiger partial charge in [-0.1, -0.05) is 0 Å². The fourth-order valence-corrected chi connectivity index (χ4v) is 3.00. The molecular formula is C20H28N8O7. The minimum absolute atomic E-state index is 0.00491. The van der Waals surface area contributed by atoms with Crippen molar-refractivity contribution in [1.82, 2.24) is 41.2 Å². The smallest absolute Gasteiger partial charge is 0.326 e. The molecule has 190 valence electrons. The van der Waals surface area contributed by atoms with Gasteiger partial charge in [0, 0.05) is 56.5 Å². The van der Waals surface area contributed by atoms with Crippen LogP contribution in [0.25, 0.3) is 0 Å². The molecule has 0 spiro atoms. The van der Waals surface area contributed by atoms with Crippen molar-refractivity contribution in [1.29, 1.82) is 0 Å². The van der Waals surface area contributed by atoms with Crippen molar-refractivity contribution in [2.75, 3.05) is 13.2 Å². The van der Waals surface area contributed by atoms with E-state index in [1.807, 2.05) is 0 Å². The van der Waals surface area contributed by atoms with Gasteiger partial charge in [0.05, 0.1) is 19.3 Å². The number of carboxylic acid groups (broad SMARTS) is 1. The highest BCUT2D eigenvalue weighted by Crippen LogP contribution is 2.02. The first-order chi connectivity index (χ1) is 16.7. The number of aliphatic hydroxyl groups is 1. The molecule has 0 aliphatic heterocycles. The number of carbonyl (C=O) groups is 5. The van der Waals surface area contributed by atoms with Gasteiger partial charge in [-0.3, -0.25) is 19.2 Å². The summed E-state index contributed by atoms with van der Waals surface area (Å²) in [6.45, 7) is 0.547. The summed E-state index contributed by atoms with van der Waals surface area (Å²) in [5.41, 5.74) is 0.978. The standard InChI is InChI=1S/C20H28N8O7/c1-11(30)23-3-2-17(31)26-14(4-12-6-21-9-24-12)18(32)28-16(8-29)19(33)27-15(20(34)35)5-13-7-22-10-25-13/h6-7,9-10,14-16,29H,2-5,8H2,1H3,(H,21,24)(H,22,25)(H,23,30)(H,26,31)(H,27,33)(H,28,32)(H,34,35). The van der Waals surface area contributed by atoms with Crippen molar-refractivity contribution in [2.24, 2.45) is 0 Å². The molecule has 3 atom stereocenters. The fraction of sp³-hybridized carbons (Fsp3) is 0.450. The van der Waals surface area contributed by atoms with E-state index < -0.39 is 48.4 Å². The van der Waals surface area contributed by atoms with Gasteiger partial charge in [0.25, 0.3) is 0 Å². The van der Waals surface area contributed by atoms with Crippen LogP contribution in [-0.4, -0.2) is 91.0 Å². The zero-order valence-corrected chi connectivity index (χ0v) is 18.9. The van der Waals surface area contributed by atoms with Crippen LogP contribution in [0, 0.1) is 0 Å². The number of carbonyl (C=O) groups excluding carboxylic acids is 4. The first kappa shape index (κ1) is 27.0. The van der Waals surface area contributed by atoms with Gasteiger partial charge < -0.3 is 41.4 Å². The molecular weight excluding hydrogens is 464 g/mol. The molecule has 2 aromatic rings. The number of carboxylic acids is 1. The molecule has 35 heavy (non-hydrogen) atoms. The SMILES string of the molecule is CC(=O)NCCC(=O)NC(Cc1cnc[nH]1)C(=O)NC(CO)C(=O)NC(Cc1cnc[nH]1)C(=O)O. The van der Waals surface area contributed by atoms with Gasteiger partial charge >= 0.3 is 5.97 Å². The first-order valence-electron chi connectivity index (χ1n) is 10.6. The van der Waals surface area contributed by atoms with E-state index in [9.17, 15) is 34.2 Å². The molecule has 15 nitrogen and oxygen atoms in total. The summed E-state index contributed by atoms with van der Waals surface area (Å²) in [5, 5.41) is 28.7. The van der Waals surface area contributed by atoms with Crippen LogP contribution in [0.2, 0.25) is 0 Å². The summed E-state index contributed by atoms with van der Waals surface area (Å²) in [6, 6.07) is -3.97. The Kier molecular flexibility index (Phi) is 10.4. The Morgan fingerprint density at radius 1 is 0.886 bits per heavy atom. The second-order valence-electron chi connectivity index (χ2n) is 7.56. The van der Waals surface area contributed by atoms with Gasteiger partial charge in [-0.25, -0.2) is 14.8 Å². The van der Waals surface area contributed by atoms with Crippen LogP contribution in [-0.2, 0) is 36.8 Å². The van der Waals surface area contributed by atoms with Gasteiger partial charge in [-0.2, -0.15) is 0 Å². The lowest BCUT2D eigenvalue weighted by Crippen LogP contribution is -2.57. The molecule has 2 rings (SSSR count). The van der Waals surface area contributed by atoms with E-state index >= 15 is 0 Å². The van der Waals surface area contributed by atoms with Crippen LogP contribution in [0.1, 0.15) is 24.7 Å². The number of aromatic amines is 2. The van der Waals surface area contributed by atoms with Gasteiger partial charge in [-0.15, -0.1) is 0 Å². The zero-order chi connectivity index (χ0) is 25.8. The molecule has 0 saturated carbocycles. The average molecular weight is 492 g/mol. The van der Waals surface area contributed by atoms with Gasteiger partial charge in [-0.05, 0) is 0 Å². The van der Waals surface area contributed by atoms with Crippen LogP contribution in [0.3, 0.4) is 0 Å². The van der Waals surface area contributed by atoms with E-state index in [-0.39, 0.29) is 31.7 Å².